The van der Waals surface area contributed by atoms with Gasteiger partial charge in [0.25, 0.3) is 0 Å². The van der Waals surface area contributed by atoms with Gasteiger partial charge in [-0.3, -0.25) is 4.79 Å². The Bertz CT molecular complexity index is 901. The van der Waals surface area contributed by atoms with E-state index in [0.717, 1.165) is 5.56 Å². The summed E-state index contributed by atoms with van der Waals surface area (Å²) in [5.74, 6) is -0.232. The molecule has 0 atom stereocenters. The third-order valence-corrected chi connectivity index (χ3v) is 4.16. The number of imidazole rings is 1. The highest BCUT2D eigenvalue weighted by Gasteiger charge is 2.17. The zero-order valence-corrected chi connectivity index (χ0v) is 14.6. The van der Waals surface area contributed by atoms with Crippen LogP contribution in [-0.2, 0) is 0 Å². The van der Waals surface area contributed by atoms with E-state index in [2.05, 4.69) is 4.98 Å². The Labute approximate surface area is 154 Å². The summed E-state index contributed by atoms with van der Waals surface area (Å²) in [6.07, 6.45) is 6.62. The summed E-state index contributed by atoms with van der Waals surface area (Å²) in [7, 11) is 0. The molecular formula is C18H11Cl3N2O. The van der Waals surface area contributed by atoms with E-state index in [4.69, 9.17) is 34.8 Å². The summed E-state index contributed by atoms with van der Waals surface area (Å²) >= 11 is 18.0. The molecule has 0 aliphatic carbocycles. The fraction of sp³-hybridized carbons (Fsp3) is 0. The molecule has 3 aromatic rings. The maximum atomic E-state index is 13.0. The number of allylic oxidation sites excluding steroid dienone is 1. The first kappa shape index (κ1) is 16.8. The number of nitrogens with zero attached hydrogens (tertiary/aromatic N) is 2. The molecule has 6 heteroatoms. The molecule has 0 amide bonds. The van der Waals surface area contributed by atoms with Crippen molar-refractivity contribution in [2.75, 3.05) is 0 Å². The third-order valence-electron chi connectivity index (χ3n) is 3.36. The molecule has 120 valence electrons. The number of rotatable bonds is 4. The van der Waals surface area contributed by atoms with Gasteiger partial charge in [-0.1, -0.05) is 46.9 Å². The zero-order chi connectivity index (χ0) is 17.1. The first-order chi connectivity index (χ1) is 11.5. The lowest BCUT2D eigenvalue weighted by Crippen LogP contribution is -2.08. The topological polar surface area (TPSA) is 34.9 Å². The van der Waals surface area contributed by atoms with Crippen LogP contribution in [0.3, 0.4) is 0 Å². The predicted molar refractivity (Wildman–Crippen MR) is 98.6 cm³/mol. The molecule has 0 spiro atoms. The largest absolute Gasteiger partial charge is 0.303 e. The summed E-state index contributed by atoms with van der Waals surface area (Å²) in [6.45, 7) is 0. The molecule has 0 bridgehead atoms. The van der Waals surface area contributed by atoms with E-state index >= 15 is 0 Å². The van der Waals surface area contributed by atoms with Crippen molar-refractivity contribution in [2.45, 2.75) is 0 Å². The van der Waals surface area contributed by atoms with Crippen LogP contribution in [0.2, 0.25) is 15.1 Å². The zero-order valence-electron chi connectivity index (χ0n) is 12.3. The second-order valence-corrected chi connectivity index (χ2v) is 6.28. The van der Waals surface area contributed by atoms with Crippen LogP contribution in [0, 0.1) is 0 Å². The molecule has 0 aliphatic rings. The molecule has 0 radical (unpaired) electrons. The number of carbonyl (C=O) groups is 1. The molecule has 0 unspecified atom stereocenters. The quantitative estimate of drug-likeness (QED) is 0.430. The minimum absolute atomic E-state index is 0.232. The van der Waals surface area contributed by atoms with Crippen molar-refractivity contribution in [3.8, 4) is 0 Å². The Hall–Kier alpha value is -2.07. The van der Waals surface area contributed by atoms with Crippen LogP contribution in [0.1, 0.15) is 15.9 Å². The summed E-state index contributed by atoms with van der Waals surface area (Å²) in [5.41, 5.74) is 1.62. The highest BCUT2D eigenvalue weighted by molar-refractivity contribution is 6.40. The molecule has 24 heavy (non-hydrogen) atoms. The van der Waals surface area contributed by atoms with Crippen molar-refractivity contribution in [2.24, 2.45) is 0 Å². The molecule has 0 fully saturated rings. The molecule has 0 saturated heterocycles. The van der Waals surface area contributed by atoms with Crippen molar-refractivity contribution in [3.05, 3.63) is 87.4 Å². The van der Waals surface area contributed by atoms with E-state index in [0.29, 0.717) is 26.3 Å². The van der Waals surface area contributed by atoms with Crippen LogP contribution in [0.5, 0.6) is 0 Å². The fourth-order valence-corrected chi connectivity index (χ4v) is 2.81. The van der Waals surface area contributed by atoms with Crippen LogP contribution in [0.25, 0.3) is 11.8 Å². The van der Waals surface area contributed by atoms with Gasteiger partial charge < -0.3 is 4.57 Å². The van der Waals surface area contributed by atoms with E-state index < -0.39 is 0 Å². The lowest BCUT2D eigenvalue weighted by Gasteiger charge is -2.10. The minimum Gasteiger partial charge on any atom is -0.303 e. The van der Waals surface area contributed by atoms with Gasteiger partial charge in [-0.15, -0.1) is 0 Å². The normalized spacial score (nSPS) is 11.5. The molecule has 1 aromatic heterocycles. The van der Waals surface area contributed by atoms with Crippen LogP contribution in [0.4, 0.5) is 0 Å². The summed E-state index contributed by atoms with van der Waals surface area (Å²) in [4.78, 5) is 17.0. The summed E-state index contributed by atoms with van der Waals surface area (Å²) in [5, 5.41) is 1.40. The number of halogens is 3. The van der Waals surface area contributed by atoms with Gasteiger partial charge >= 0.3 is 0 Å². The van der Waals surface area contributed by atoms with Crippen molar-refractivity contribution >= 4 is 52.4 Å². The van der Waals surface area contributed by atoms with Gasteiger partial charge in [-0.25, -0.2) is 4.98 Å². The molecule has 0 aliphatic heterocycles. The number of hydrogen-bond acceptors (Lipinski definition) is 2. The molecule has 3 rings (SSSR count). The monoisotopic (exact) mass is 376 g/mol. The first-order valence-electron chi connectivity index (χ1n) is 7.00. The van der Waals surface area contributed by atoms with Gasteiger partial charge in [0.15, 0.2) is 0 Å². The summed E-state index contributed by atoms with van der Waals surface area (Å²) in [6, 6.07) is 12.0. The summed E-state index contributed by atoms with van der Waals surface area (Å²) < 4.78 is 1.64. The molecule has 3 nitrogen and oxygen atoms in total. The first-order valence-corrected chi connectivity index (χ1v) is 8.13. The molecule has 0 saturated carbocycles. The van der Waals surface area contributed by atoms with Gasteiger partial charge in [-0.05, 0) is 42.0 Å². The minimum atomic E-state index is -0.232. The van der Waals surface area contributed by atoms with Gasteiger partial charge in [0, 0.05) is 28.0 Å². The fourth-order valence-electron chi connectivity index (χ4n) is 2.19. The Morgan fingerprint density at radius 2 is 1.71 bits per heavy atom. The van der Waals surface area contributed by atoms with Crippen LogP contribution < -0.4 is 0 Å². The Balaban J connectivity index is 2.08. The molecule has 0 N–H and O–H groups in total. The number of Topliss-reactive ketones (excluding diaryl/α,β-unsaturated/α-hetero) is 1. The Morgan fingerprint density at radius 3 is 2.33 bits per heavy atom. The third kappa shape index (κ3) is 3.70. The molecule has 2 aromatic carbocycles. The maximum Gasteiger partial charge on any atom is 0.211 e. The van der Waals surface area contributed by atoms with Crippen molar-refractivity contribution in [1.82, 2.24) is 9.55 Å². The van der Waals surface area contributed by atoms with Crippen LogP contribution >= 0.6 is 34.8 Å². The van der Waals surface area contributed by atoms with Crippen LogP contribution in [0.15, 0.2) is 61.2 Å². The highest BCUT2D eigenvalue weighted by atomic mass is 35.5. The lowest BCUT2D eigenvalue weighted by atomic mass is 10.1. The standard InChI is InChI=1S/C18H11Cl3N2O/c19-13-3-1-12(2-4-13)9-17(23-8-7-22-11-23)18(24)15-6-5-14(20)10-16(15)21/h1-11H. The van der Waals surface area contributed by atoms with Crippen molar-refractivity contribution in [3.63, 3.8) is 0 Å². The average Bonchev–Trinajstić information content (AvgIpc) is 3.08. The molecular weight excluding hydrogens is 367 g/mol. The smallest absolute Gasteiger partial charge is 0.211 e. The predicted octanol–water partition coefficient (Wildman–Crippen LogP) is 5.72. The SMILES string of the molecule is O=C(C(=Cc1ccc(Cl)cc1)n1ccnc1)c1ccc(Cl)cc1Cl. The van der Waals surface area contributed by atoms with Gasteiger partial charge in [0.05, 0.1) is 17.0 Å². The van der Waals surface area contributed by atoms with E-state index in [9.17, 15) is 4.79 Å². The number of benzene rings is 2. The van der Waals surface area contributed by atoms with Gasteiger partial charge in [-0.2, -0.15) is 0 Å². The second kappa shape index (κ2) is 7.22. The average molecular weight is 378 g/mol. The maximum absolute atomic E-state index is 13.0. The number of aromatic nitrogens is 2. The van der Waals surface area contributed by atoms with E-state index in [1.54, 1.807) is 59.7 Å². The number of ketones is 1. The number of hydrogen-bond donors (Lipinski definition) is 0. The Kier molecular flexibility index (Phi) is 5.05. The van der Waals surface area contributed by atoms with E-state index in [1.165, 1.54) is 0 Å². The molecule has 1 heterocycles. The van der Waals surface area contributed by atoms with E-state index in [1.807, 2.05) is 12.1 Å². The van der Waals surface area contributed by atoms with Crippen LogP contribution in [-0.4, -0.2) is 15.3 Å². The van der Waals surface area contributed by atoms with Crippen molar-refractivity contribution < 1.29 is 4.79 Å². The van der Waals surface area contributed by atoms with Crippen molar-refractivity contribution in [1.29, 1.82) is 0 Å². The lowest BCUT2D eigenvalue weighted by molar-refractivity contribution is 0.105. The van der Waals surface area contributed by atoms with Gasteiger partial charge in [0.2, 0.25) is 5.78 Å². The Morgan fingerprint density at radius 1 is 1.00 bits per heavy atom. The highest BCUT2D eigenvalue weighted by Crippen LogP contribution is 2.26. The van der Waals surface area contributed by atoms with E-state index in [-0.39, 0.29) is 5.78 Å². The number of carbonyl (C=O) groups excluding carboxylic acids is 1. The second-order valence-electron chi connectivity index (χ2n) is 5.00. The van der Waals surface area contributed by atoms with Gasteiger partial charge in [0.1, 0.15) is 0 Å².